The Morgan fingerprint density at radius 2 is 1.94 bits per heavy atom. The Morgan fingerprint density at radius 3 is 2.59 bits per heavy atom. The van der Waals surface area contributed by atoms with E-state index in [9.17, 15) is 0 Å². The molecule has 17 heavy (non-hydrogen) atoms. The zero-order valence-electron chi connectivity index (χ0n) is 10.3. The van der Waals surface area contributed by atoms with Gasteiger partial charge in [0.2, 0.25) is 0 Å². The number of fused-ring (bicyclic) bond motifs is 2. The van der Waals surface area contributed by atoms with Crippen molar-refractivity contribution in [2.24, 2.45) is 17.8 Å². The van der Waals surface area contributed by atoms with Crippen molar-refractivity contribution in [2.45, 2.75) is 25.8 Å². The van der Waals surface area contributed by atoms with Crippen LogP contribution in [0.5, 0.6) is 0 Å². The number of benzene rings is 1. The molecule has 1 nitrogen and oxygen atoms in total. The van der Waals surface area contributed by atoms with Crippen LogP contribution in [-0.4, -0.2) is 6.54 Å². The third kappa shape index (κ3) is 2.61. The van der Waals surface area contributed by atoms with Crippen molar-refractivity contribution in [3.05, 3.63) is 48.0 Å². The van der Waals surface area contributed by atoms with E-state index < -0.39 is 0 Å². The summed E-state index contributed by atoms with van der Waals surface area (Å²) in [7, 11) is 0. The molecule has 0 aliphatic heterocycles. The summed E-state index contributed by atoms with van der Waals surface area (Å²) in [5.41, 5.74) is 1.39. The number of allylic oxidation sites excluding steroid dienone is 2. The summed E-state index contributed by atoms with van der Waals surface area (Å²) in [5.74, 6) is 2.61. The largest absolute Gasteiger partial charge is 0.312 e. The van der Waals surface area contributed by atoms with Crippen molar-refractivity contribution < 1.29 is 0 Å². The minimum Gasteiger partial charge on any atom is -0.312 e. The molecule has 4 rings (SSSR count). The quantitative estimate of drug-likeness (QED) is 0.778. The second kappa shape index (κ2) is 5.05. The van der Waals surface area contributed by atoms with Gasteiger partial charge in [-0.05, 0) is 49.1 Å². The van der Waals surface area contributed by atoms with Crippen molar-refractivity contribution >= 4 is 0 Å². The maximum absolute atomic E-state index is 3.62. The van der Waals surface area contributed by atoms with Gasteiger partial charge in [-0.15, -0.1) is 0 Å². The van der Waals surface area contributed by atoms with Crippen LogP contribution >= 0.6 is 0 Å². The van der Waals surface area contributed by atoms with Gasteiger partial charge in [-0.25, -0.2) is 0 Å². The molecule has 0 saturated heterocycles. The predicted molar refractivity (Wildman–Crippen MR) is 71.6 cm³/mol. The average molecular weight is 227 g/mol. The van der Waals surface area contributed by atoms with Gasteiger partial charge < -0.3 is 5.32 Å². The standard InChI is InChI=1S/C16H21N/c1-2-4-14(5-3-1)11-17-12-16-10-13-6-8-15(16)9-7-13/h1-6,8,13,15-17H,7,9-12H2/t13-,15-,16-/m0/s1. The number of hydrogen-bond donors (Lipinski definition) is 1. The summed E-state index contributed by atoms with van der Waals surface area (Å²) >= 11 is 0. The van der Waals surface area contributed by atoms with Gasteiger partial charge in [-0.2, -0.15) is 0 Å². The SMILES string of the molecule is C1=C[C@H]2CC[C@H]1C[C@H]2CNCc1ccccc1. The van der Waals surface area contributed by atoms with Crippen LogP contribution in [-0.2, 0) is 6.54 Å². The summed E-state index contributed by atoms with van der Waals surface area (Å²) in [6, 6.07) is 10.7. The van der Waals surface area contributed by atoms with Crippen molar-refractivity contribution in [1.29, 1.82) is 0 Å². The maximum atomic E-state index is 3.62. The summed E-state index contributed by atoms with van der Waals surface area (Å²) in [6.07, 6.45) is 9.16. The highest BCUT2D eigenvalue weighted by Crippen LogP contribution is 2.39. The monoisotopic (exact) mass is 227 g/mol. The summed E-state index contributed by atoms with van der Waals surface area (Å²) in [5, 5.41) is 3.62. The molecule has 0 spiro atoms. The lowest BCUT2D eigenvalue weighted by atomic mass is 9.69. The third-order valence-corrected chi connectivity index (χ3v) is 4.29. The lowest BCUT2D eigenvalue weighted by molar-refractivity contribution is 0.215. The molecule has 1 N–H and O–H groups in total. The Bertz CT molecular complexity index is 382. The molecule has 0 heterocycles. The van der Waals surface area contributed by atoms with E-state index in [1.165, 1.54) is 31.4 Å². The van der Waals surface area contributed by atoms with Gasteiger partial charge >= 0.3 is 0 Å². The van der Waals surface area contributed by atoms with E-state index in [0.29, 0.717) is 0 Å². The smallest absolute Gasteiger partial charge is 0.0205 e. The fourth-order valence-electron chi connectivity index (χ4n) is 3.28. The summed E-state index contributed by atoms with van der Waals surface area (Å²) in [6.45, 7) is 2.19. The van der Waals surface area contributed by atoms with E-state index in [4.69, 9.17) is 0 Å². The molecule has 2 bridgehead atoms. The van der Waals surface area contributed by atoms with Crippen molar-refractivity contribution in [1.82, 2.24) is 5.32 Å². The van der Waals surface area contributed by atoms with Gasteiger partial charge in [0.1, 0.15) is 0 Å². The van der Waals surface area contributed by atoms with E-state index in [1.54, 1.807) is 0 Å². The Balaban J connectivity index is 1.48. The lowest BCUT2D eigenvalue weighted by Gasteiger charge is -2.38. The van der Waals surface area contributed by atoms with Gasteiger partial charge in [0, 0.05) is 6.54 Å². The molecule has 0 amide bonds. The average Bonchev–Trinajstić information content (AvgIpc) is 2.41. The molecule has 1 saturated carbocycles. The first kappa shape index (κ1) is 11.0. The van der Waals surface area contributed by atoms with Crippen LogP contribution in [0.2, 0.25) is 0 Å². The molecule has 0 aromatic heterocycles. The Kier molecular flexibility index (Phi) is 3.28. The van der Waals surface area contributed by atoms with Gasteiger partial charge in [0.15, 0.2) is 0 Å². The van der Waals surface area contributed by atoms with Crippen molar-refractivity contribution in [3.8, 4) is 0 Å². The molecule has 1 fully saturated rings. The van der Waals surface area contributed by atoms with E-state index in [-0.39, 0.29) is 0 Å². The molecular formula is C16H21N. The van der Waals surface area contributed by atoms with Gasteiger partial charge in [-0.3, -0.25) is 0 Å². The summed E-state index contributed by atoms with van der Waals surface area (Å²) in [4.78, 5) is 0. The Hall–Kier alpha value is -1.08. The molecule has 0 unspecified atom stereocenters. The predicted octanol–water partition coefficient (Wildman–Crippen LogP) is 3.38. The van der Waals surface area contributed by atoms with E-state index >= 15 is 0 Å². The minimum atomic E-state index is 0.850. The maximum Gasteiger partial charge on any atom is 0.0205 e. The van der Waals surface area contributed by atoms with Crippen molar-refractivity contribution in [3.63, 3.8) is 0 Å². The molecule has 90 valence electrons. The first-order valence-corrected chi connectivity index (χ1v) is 6.85. The fourth-order valence-corrected chi connectivity index (χ4v) is 3.28. The summed E-state index contributed by atoms with van der Waals surface area (Å²) < 4.78 is 0. The zero-order valence-corrected chi connectivity index (χ0v) is 10.3. The second-order valence-corrected chi connectivity index (χ2v) is 5.50. The molecule has 1 aromatic carbocycles. The second-order valence-electron chi connectivity index (χ2n) is 5.50. The van der Waals surface area contributed by atoms with Crippen molar-refractivity contribution in [2.75, 3.05) is 6.54 Å². The van der Waals surface area contributed by atoms with Crippen LogP contribution in [0, 0.1) is 17.8 Å². The van der Waals surface area contributed by atoms with Crippen LogP contribution in [0.15, 0.2) is 42.5 Å². The minimum absolute atomic E-state index is 0.850. The fraction of sp³-hybridized carbons (Fsp3) is 0.500. The molecule has 3 aliphatic carbocycles. The van der Waals surface area contributed by atoms with Gasteiger partial charge in [-0.1, -0.05) is 42.5 Å². The third-order valence-electron chi connectivity index (χ3n) is 4.29. The van der Waals surface area contributed by atoms with Crippen LogP contribution in [0.25, 0.3) is 0 Å². The number of nitrogens with one attached hydrogen (secondary N) is 1. The first-order chi connectivity index (χ1) is 8.42. The van der Waals surface area contributed by atoms with Crippen LogP contribution in [0.3, 0.4) is 0 Å². The zero-order chi connectivity index (χ0) is 11.5. The topological polar surface area (TPSA) is 12.0 Å². The highest BCUT2D eigenvalue weighted by molar-refractivity contribution is 5.14. The Morgan fingerprint density at radius 1 is 1.06 bits per heavy atom. The molecule has 3 atom stereocenters. The van der Waals surface area contributed by atoms with Gasteiger partial charge in [0.25, 0.3) is 0 Å². The van der Waals surface area contributed by atoms with E-state index in [2.05, 4.69) is 47.8 Å². The first-order valence-electron chi connectivity index (χ1n) is 6.85. The molecular weight excluding hydrogens is 206 g/mol. The molecule has 1 heteroatoms. The van der Waals surface area contributed by atoms with E-state index in [0.717, 1.165) is 24.3 Å². The highest BCUT2D eigenvalue weighted by Gasteiger charge is 2.31. The van der Waals surface area contributed by atoms with E-state index in [1.807, 2.05) is 0 Å². The lowest BCUT2D eigenvalue weighted by Crippen LogP contribution is -2.34. The highest BCUT2D eigenvalue weighted by atomic mass is 14.9. The molecule has 3 aliphatic rings. The number of hydrogen-bond acceptors (Lipinski definition) is 1. The number of rotatable bonds is 4. The normalized spacial score (nSPS) is 30.7. The van der Waals surface area contributed by atoms with Crippen LogP contribution < -0.4 is 5.32 Å². The molecule has 0 radical (unpaired) electrons. The van der Waals surface area contributed by atoms with Crippen LogP contribution in [0.1, 0.15) is 24.8 Å². The molecule has 1 aromatic rings. The van der Waals surface area contributed by atoms with Crippen LogP contribution in [0.4, 0.5) is 0 Å². The van der Waals surface area contributed by atoms with Gasteiger partial charge in [0.05, 0.1) is 0 Å². The Labute approximate surface area is 104 Å².